The largest absolute Gasteiger partial charge is 0.323 e. The van der Waals surface area contributed by atoms with Crippen LogP contribution >= 0.6 is 23.2 Å². The highest BCUT2D eigenvalue weighted by atomic mass is 35.5. The maximum atomic E-state index is 13.3. The second-order valence-corrected chi connectivity index (χ2v) is 10.5. The Labute approximate surface area is 191 Å². The third kappa shape index (κ3) is 4.72. The number of carbonyl (C=O) groups excluding carboxylic acids is 2. The average molecular weight is 482 g/mol. The van der Waals surface area contributed by atoms with Crippen molar-refractivity contribution in [2.75, 3.05) is 29.9 Å². The molecule has 1 fully saturated rings. The van der Waals surface area contributed by atoms with Gasteiger partial charge in [0.15, 0.2) is 0 Å². The Morgan fingerprint density at radius 3 is 2.71 bits per heavy atom. The zero-order valence-corrected chi connectivity index (χ0v) is 18.9. The van der Waals surface area contributed by atoms with Gasteiger partial charge in [-0.2, -0.15) is 0 Å². The van der Waals surface area contributed by atoms with Crippen LogP contribution in [0.3, 0.4) is 0 Å². The smallest absolute Gasteiger partial charge is 0.244 e. The Hall–Kier alpha value is -2.13. The van der Waals surface area contributed by atoms with Crippen LogP contribution in [-0.2, 0) is 25.4 Å². The predicted octanol–water partition coefficient (Wildman–Crippen LogP) is 3.52. The first-order chi connectivity index (χ1) is 14.7. The van der Waals surface area contributed by atoms with Crippen molar-refractivity contribution in [3.8, 4) is 0 Å². The van der Waals surface area contributed by atoms with Crippen LogP contribution in [0.5, 0.6) is 0 Å². The number of rotatable bonds is 4. The first kappa shape index (κ1) is 22.1. The third-order valence-corrected chi connectivity index (χ3v) is 7.90. The van der Waals surface area contributed by atoms with Crippen LogP contribution in [0, 0.1) is 5.92 Å². The number of sulfonamides is 1. The number of piperidine rings is 1. The zero-order chi connectivity index (χ0) is 22.2. The molecule has 0 aromatic heterocycles. The lowest BCUT2D eigenvalue weighted by Crippen LogP contribution is -2.50. The minimum absolute atomic E-state index is 0.0761. The summed E-state index contributed by atoms with van der Waals surface area (Å²) < 4.78 is 27.4. The number of hydrogen-bond donors (Lipinski definition) is 1. The second-order valence-electron chi connectivity index (χ2n) is 7.68. The molecular weight excluding hydrogens is 461 g/mol. The number of halogens is 2. The maximum absolute atomic E-state index is 13.3. The van der Waals surface area contributed by atoms with E-state index in [1.54, 1.807) is 36.4 Å². The summed E-state index contributed by atoms with van der Waals surface area (Å²) in [5, 5.41) is 3.48. The molecule has 2 amide bonds. The van der Waals surface area contributed by atoms with E-state index in [1.807, 2.05) is 0 Å². The molecule has 0 saturated carbocycles. The Balaban J connectivity index is 1.52. The van der Waals surface area contributed by atoms with Gasteiger partial charge < -0.3 is 10.2 Å². The van der Waals surface area contributed by atoms with Gasteiger partial charge >= 0.3 is 0 Å². The molecule has 1 N–H and O–H groups in total. The number of carbonyl (C=O) groups is 2. The number of nitrogens with one attached hydrogen (secondary N) is 1. The van der Waals surface area contributed by atoms with Crippen LogP contribution in [0.1, 0.15) is 18.4 Å². The lowest BCUT2D eigenvalue weighted by Gasteiger charge is -2.36. The van der Waals surface area contributed by atoms with Crippen molar-refractivity contribution < 1.29 is 18.0 Å². The van der Waals surface area contributed by atoms with Crippen molar-refractivity contribution in [3.63, 3.8) is 0 Å². The van der Waals surface area contributed by atoms with Gasteiger partial charge in [0.25, 0.3) is 0 Å². The van der Waals surface area contributed by atoms with E-state index in [4.69, 9.17) is 23.2 Å². The topological polar surface area (TPSA) is 86.8 Å². The molecule has 0 bridgehead atoms. The molecule has 10 heteroatoms. The van der Waals surface area contributed by atoms with Crippen molar-refractivity contribution >= 4 is 56.4 Å². The standard InChI is InChI=1S/C21H21Cl2N3O4S/c22-16-8-7-15(17(23)10-16)13-31(29,30)25-9-3-4-14(11-25)21(28)26-12-20(27)24-18-5-1-2-6-19(18)26/h1-2,5-8,10,14H,3-4,9,11-13H2,(H,24,27)/t14-/m1/s1. The van der Waals surface area contributed by atoms with Gasteiger partial charge in [-0.25, -0.2) is 12.7 Å². The number of amides is 2. The summed E-state index contributed by atoms with van der Waals surface area (Å²) in [5.74, 6) is -1.31. The van der Waals surface area contributed by atoms with Crippen LogP contribution in [0.2, 0.25) is 10.0 Å². The van der Waals surface area contributed by atoms with Gasteiger partial charge in [0, 0.05) is 23.1 Å². The van der Waals surface area contributed by atoms with Crippen LogP contribution in [0.25, 0.3) is 0 Å². The highest BCUT2D eigenvalue weighted by Crippen LogP contribution is 2.32. The van der Waals surface area contributed by atoms with E-state index in [0.717, 1.165) is 0 Å². The predicted molar refractivity (Wildman–Crippen MR) is 121 cm³/mol. The summed E-state index contributed by atoms with van der Waals surface area (Å²) >= 11 is 12.0. The van der Waals surface area contributed by atoms with Gasteiger partial charge in [-0.05, 0) is 42.7 Å². The van der Waals surface area contributed by atoms with Crippen molar-refractivity contribution in [3.05, 3.63) is 58.1 Å². The van der Waals surface area contributed by atoms with Crippen molar-refractivity contribution in [1.29, 1.82) is 0 Å². The van der Waals surface area contributed by atoms with Crippen molar-refractivity contribution in [1.82, 2.24) is 4.31 Å². The van der Waals surface area contributed by atoms with Gasteiger partial charge in [0.1, 0.15) is 6.54 Å². The average Bonchev–Trinajstić information content (AvgIpc) is 2.74. The Morgan fingerprint density at radius 2 is 1.94 bits per heavy atom. The summed E-state index contributed by atoms with van der Waals surface area (Å²) in [5.41, 5.74) is 1.66. The second kappa shape index (κ2) is 8.78. The fraction of sp³-hybridized carbons (Fsp3) is 0.333. The van der Waals surface area contributed by atoms with E-state index in [0.29, 0.717) is 41.3 Å². The summed E-state index contributed by atoms with van der Waals surface area (Å²) in [6, 6.07) is 11.8. The first-order valence-electron chi connectivity index (χ1n) is 9.86. The maximum Gasteiger partial charge on any atom is 0.244 e. The SMILES string of the molecule is O=C1CN(C(=O)[C@@H]2CCCN(S(=O)(=O)Cc3ccc(Cl)cc3Cl)C2)c2ccccc2N1. The molecule has 2 heterocycles. The zero-order valence-electron chi connectivity index (χ0n) is 16.6. The Morgan fingerprint density at radius 1 is 1.16 bits per heavy atom. The molecule has 31 heavy (non-hydrogen) atoms. The molecule has 0 aliphatic carbocycles. The van der Waals surface area contributed by atoms with Gasteiger partial charge in [0.2, 0.25) is 21.8 Å². The number of nitrogens with zero attached hydrogens (tertiary/aromatic N) is 2. The normalized spacial score (nSPS) is 19.6. The molecule has 2 aromatic rings. The Kier molecular flexibility index (Phi) is 6.25. The summed E-state index contributed by atoms with van der Waals surface area (Å²) in [7, 11) is -3.68. The lowest BCUT2D eigenvalue weighted by molar-refractivity contribution is -0.125. The molecule has 1 saturated heterocycles. The first-order valence-corrected chi connectivity index (χ1v) is 12.2. The molecule has 0 spiro atoms. The highest BCUT2D eigenvalue weighted by molar-refractivity contribution is 7.88. The molecule has 0 unspecified atom stereocenters. The van der Waals surface area contributed by atoms with E-state index in [-0.39, 0.29) is 35.7 Å². The molecule has 2 aliphatic rings. The number of para-hydroxylation sites is 2. The van der Waals surface area contributed by atoms with Crippen LogP contribution in [0.4, 0.5) is 11.4 Å². The molecule has 164 valence electrons. The van der Waals surface area contributed by atoms with Gasteiger partial charge in [-0.15, -0.1) is 0 Å². The number of anilines is 2. The summed E-state index contributed by atoms with van der Waals surface area (Å²) in [6.45, 7) is 0.334. The quantitative estimate of drug-likeness (QED) is 0.723. The van der Waals surface area contributed by atoms with Crippen LogP contribution in [-0.4, -0.2) is 44.2 Å². The monoisotopic (exact) mass is 481 g/mol. The molecule has 0 radical (unpaired) electrons. The molecule has 2 aliphatic heterocycles. The van der Waals surface area contributed by atoms with E-state index in [1.165, 1.54) is 15.3 Å². The van der Waals surface area contributed by atoms with Gasteiger partial charge in [-0.3, -0.25) is 9.59 Å². The van der Waals surface area contributed by atoms with Crippen LogP contribution < -0.4 is 10.2 Å². The molecule has 4 rings (SSSR count). The Bertz CT molecular complexity index is 1140. The van der Waals surface area contributed by atoms with Crippen molar-refractivity contribution in [2.24, 2.45) is 5.92 Å². The van der Waals surface area contributed by atoms with E-state index in [9.17, 15) is 18.0 Å². The van der Waals surface area contributed by atoms with E-state index >= 15 is 0 Å². The minimum atomic E-state index is -3.68. The molecule has 7 nitrogen and oxygen atoms in total. The van der Waals surface area contributed by atoms with Crippen LogP contribution in [0.15, 0.2) is 42.5 Å². The summed E-state index contributed by atoms with van der Waals surface area (Å²) in [4.78, 5) is 26.8. The summed E-state index contributed by atoms with van der Waals surface area (Å²) in [6.07, 6.45) is 1.12. The third-order valence-electron chi connectivity index (χ3n) is 5.52. The fourth-order valence-electron chi connectivity index (χ4n) is 3.97. The number of benzene rings is 2. The van der Waals surface area contributed by atoms with Gasteiger partial charge in [0.05, 0.1) is 23.0 Å². The minimum Gasteiger partial charge on any atom is -0.323 e. The lowest BCUT2D eigenvalue weighted by atomic mass is 9.97. The van der Waals surface area contributed by atoms with E-state index < -0.39 is 15.9 Å². The molecular formula is C21H21Cl2N3O4S. The fourth-order valence-corrected chi connectivity index (χ4v) is 6.17. The van der Waals surface area contributed by atoms with Crippen molar-refractivity contribution in [2.45, 2.75) is 18.6 Å². The van der Waals surface area contributed by atoms with E-state index in [2.05, 4.69) is 5.32 Å². The molecule has 1 atom stereocenters. The highest BCUT2D eigenvalue weighted by Gasteiger charge is 2.37. The number of fused-ring (bicyclic) bond motifs is 1. The number of hydrogen-bond acceptors (Lipinski definition) is 4. The molecule has 2 aromatic carbocycles. The van der Waals surface area contributed by atoms with Gasteiger partial charge in [-0.1, -0.05) is 41.4 Å².